The van der Waals surface area contributed by atoms with Gasteiger partial charge in [-0.05, 0) is 0 Å². The van der Waals surface area contributed by atoms with Crippen LogP contribution in [0.5, 0.6) is 0 Å². The van der Waals surface area contributed by atoms with Gasteiger partial charge in [-0.1, -0.05) is 6.92 Å². The van der Waals surface area contributed by atoms with Crippen molar-refractivity contribution in [1.82, 2.24) is 0 Å². The predicted molar refractivity (Wildman–Crippen MR) is 29.5 cm³/mol. The van der Waals surface area contributed by atoms with Crippen molar-refractivity contribution < 1.29 is 18.2 Å². The Balaban J connectivity index is -0.0000000133. The summed E-state index contributed by atoms with van der Waals surface area (Å²) < 4.78 is 0. The number of carboxylic acid groups (broad SMARTS) is 1. The molecule has 0 unspecified atom stereocenters. The van der Waals surface area contributed by atoms with Crippen molar-refractivity contribution in [2.45, 2.75) is 13.3 Å². The largest absolute Gasteiger partial charge is 2.00 e. The molecule has 0 aliphatic rings. The molecule has 3 N–H and O–H groups in total. The van der Waals surface area contributed by atoms with E-state index < -0.39 is 5.97 Å². The number of aliphatic carboxylic acids is 1. The first kappa shape index (κ1) is 15.7. The van der Waals surface area contributed by atoms with Crippen molar-refractivity contribution in [2.24, 2.45) is 0 Å². The molecule has 42 valence electrons. The van der Waals surface area contributed by atoms with Gasteiger partial charge in [-0.25, -0.2) is 0 Å². The van der Waals surface area contributed by atoms with E-state index in [9.17, 15) is 4.79 Å². The Hall–Kier alpha value is 0.196. The van der Waals surface area contributed by atoms with Crippen LogP contribution in [-0.2, 0) is 4.79 Å². The second kappa shape index (κ2) is 9.50. The average Bonchev–Trinajstić information content (AvgIpc) is 1.38. The fourth-order valence-electron chi connectivity index (χ4n) is 0. The predicted octanol–water partition coefficient (Wildman–Crippen LogP) is -0.499. The van der Waals surface area contributed by atoms with E-state index in [1.54, 1.807) is 6.92 Å². The number of carboxylic acids is 1. The first-order valence-electron chi connectivity index (χ1n) is 1.49. The number of hydrogen-bond acceptors (Lipinski definition) is 1. The molecule has 0 radical (unpaired) electrons. The fraction of sp³-hybridized carbons (Fsp3) is 0.667. The van der Waals surface area contributed by atoms with Crippen molar-refractivity contribution in [3.8, 4) is 0 Å². The first-order chi connectivity index (χ1) is 2.27. The molecule has 0 rings (SSSR count). The van der Waals surface area contributed by atoms with Crippen LogP contribution >= 0.6 is 0 Å². The first-order valence-corrected chi connectivity index (χ1v) is 1.49. The van der Waals surface area contributed by atoms with Crippen molar-refractivity contribution in [1.29, 1.82) is 0 Å². The van der Waals surface area contributed by atoms with E-state index in [-0.39, 0.29) is 37.8 Å². The third-order valence-electron chi connectivity index (χ3n) is 0.302. The molecule has 0 heterocycles. The van der Waals surface area contributed by atoms with E-state index in [1.807, 2.05) is 0 Å². The summed E-state index contributed by atoms with van der Waals surface area (Å²) in [6.45, 7) is 1.60. The molecule has 0 saturated heterocycles. The van der Waals surface area contributed by atoms with Gasteiger partial charge in [0.1, 0.15) is 0 Å². The molecule has 0 atom stereocenters. The van der Waals surface area contributed by atoms with Crippen LogP contribution in [0.25, 0.3) is 0 Å². The number of hydrogen-bond donors (Lipinski definition) is 1. The Morgan fingerprint density at radius 2 is 2.00 bits per heavy atom. The third kappa shape index (κ3) is 22.6. The minimum atomic E-state index is -0.745. The Labute approximate surface area is 61.1 Å². The molecule has 0 amide bonds. The van der Waals surface area contributed by atoms with Crippen LogP contribution in [0.1, 0.15) is 16.2 Å². The van der Waals surface area contributed by atoms with E-state index in [0.29, 0.717) is 0 Å². The summed E-state index contributed by atoms with van der Waals surface area (Å²) in [5.74, 6) is -0.745. The molecular formula is C3H10MgO3. The SMILES string of the molecule is CCC(=O)O.O.[H-].[H-].[Mg+2]. The molecule has 3 nitrogen and oxygen atoms in total. The summed E-state index contributed by atoms with van der Waals surface area (Å²) in [4.78, 5) is 9.37. The summed E-state index contributed by atoms with van der Waals surface area (Å²) >= 11 is 0. The van der Waals surface area contributed by atoms with Gasteiger partial charge >= 0.3 is 29.0 Å². The summed E-state index contributed by atoms with van der Waals surface area (Å²) in [6.07, 6.45) is 0.222. The van der Waals surface area contributed by atoms with Gasteiger partial charge < -0.3 is 13.4 Å². The Kier molecular flexibility index (Phi) is 21.3. The Bertz CT molecular complexity index is 52.3. The normalized spacial score (nSPS) is 5.29. The van der Waals surface area contributed by atoms with E-state index >= 15 is 0 Å². The van der Waals surface area contributed by atoms with E-state index in [0.717, 1.165) is 0 Å². The maximum absolute atomic E-state index is 9.37. The van der Waals surface area contributed by atoms with Crippen LogP contribution in [0.2, 0.25) is 0 Å². The summed E-state index contributed by atoms with van der Waals surface area (Å²) in [6, 6.07) is 0. The monoisotopic (exact) mass is 118 g/mol. The van der Waals surface area contributed by atoms with Crippen LogP contribution in [0.15, 0.2) is 0 Å². The van der Waals surface area contributed by atoms with Gasteiger partial charge in [-0.15, -0.1) is 0 Å². The Morgan fingerprint density at radius 1 is 1.86 bits per heavy atom. The topological polar surface area (TPSA) is 68.8 Å². The number of rotatable bonds is 1. The van der Waals surface area contributed by atoms with E-state index in [2.05, 4.69) is 0 Å². The molecular weight excluding hydrogens is 108 g/mol. The van der Waals surface area contributed by atoms with Gasteiger partial charge in [0, 0.05) is 6.42 Å². The molecule has 0 fully saturated rings. The number of carbonyl (C=O) groups is 1. The standard InChI is InChI=1S/C3H6O2.Mg.H2O.2H/c1-2-3(4)5;;;;/h2H2,1H3,(H,4,5);;1H2;;/q;+2;;2*-1. The van der Waals surface area contributed by atoms with Crippen molar-refractivity contribution in [2.75, 3.05) is 0 Å². The average molecular weight is 118 g/mol. The van der Waals surface area contributed by atoms with Gasteiger partial charge in [0.25, 0.3) is 0 Å². The quantitative estimate of drug-likeness (QED) is 0.472. The molecule has 0 saturated carbocycles. The molecule has 0 aromatic carbocycles. The van der Waals surface area contributed by atoms with Crippen LogP contribution in [0.4, 0.5) is 0 Å². The zero-order valence-corrected chi connectivity index (χ0v) is 5.68. The molecule has 0 spiro atoms. The smallest absolute Gasteiger partial charge is 1.00 e. The van der Waals surface area contributed by atoms with Crippen molar-refractivity contribution >= 4 is 29.0 Å². The molecule has 0 aromatic rings. The second-order valence-electron chi connectivity index (χ2n) is 0.747. The van der Waals surface area contributed by atoms with E-state index in [4.69, 9.17) is 5.11 Å². The van der Waals surface area contributed by atoms with Gasteiger partial charge in [0.05, 0.1) is 0 Å². The van der Waals surface area contributed by atoms with Gasteiger partial charge in [0.15, 0.2) is 0 Å². The Morgan fingerprint density at radius 3 is 2.00 bits per heavy atom. The van der Waals surface area contributed by atoms with Gasteiger partial charge in [0.2, 0.25) is 0 Å². The van der Waals surface area contributed by atoms with Crippen LogP contribution in [0.3, 0.4) is 0 Å². The summed E-state index contributed by atoms with van der Waals surface area (Å²) in [7, 11) is 0. The zero-order chi connectivity index (χ0) is 4.28. The van der Waals surface area contributed by atoms with Crippen molar-refractivity contribution in [3.05, 3.63) is 0 Å². The second-order valence-corrected chi connectivity index (χ2v) is 0.747. The maximum atomic E-state index is 9.37. The van der Waals surface area contributed by atoms with Crippen molar-refractivity contribution in [3.63, 3.8) is 0 Å². The minimum Gasteiger partial charge on any atom is -1.00 e. The molecule has 0 bridgehead atoms. The fourth-order valence-corrected chi connectivity index (χ4v) is 0. The molecule has 7 heavy (non-hydrogen) atoms. The summed E-state index contributed by atoms with van der Waals surface area (Å²) in [5.41, 5.74) is 0. The third-order valence-corrected chi connectivity index (χ3v) is 0.302. The van der Waals surface area contributed by atoms with Gasteiger partial charge in [-0.2, -0.15) is 0 Å². The maximum Gasteiger partial charge on any atom is 2.00 e. The van der Waals surface area contributed by atoms with E-state index in [1.165, 1.54) is 0 Å². The molecule has 0 aliphatic heterocycles. The molecule has 0 aromatic heterocycles. The summed E-state index contributed by atoms with van der Waals surface area (Å²) in [5, 5.41) is 7.72. The minimum absolute atomic E-state index is 0. The molecule has 0 aliphatic carbocycles. The molecule has 4 heteroatoms. The zero-order valence-electron chi connectivity index (χ0n) is 6.27. The van der Waals surface area contributed by atoms with Crippen LogP contribution in [0, 0.1) is 0 Å². The van der Waals surface area contributed by atoms with Gasteiger partial charge in [-0.3, -0.25) is 4.79 Å². The van der Waals surface area contributed by atoms with Crippen LogP contribution < -0.4 is 0 Å². The van der Waals surface area contributed by atoms with Crippen LogP contribution in [-0.4, -0.2) is 39.6 Å².